The van der Waals surface area contributed by atoms with Crippen LogP contribution in [0, 0.1) is 5.92 Å². The van der Waals surface area contributed by atoms with E-state index in [2.05, 4.69) is 21.3 Å². The highest BCUT2D eigenvalue weighted by atomic mass is 32.2. The predicted molar refractivity (Wildman–Crippen MR) is 78.5 cm³/mol. The molecule has 0 saturated carbocycles. The summed E-state index contributed by atoms with van der Waals surface area (Å²) in [4.78, 5) is 9.23. The first-order valence-corrected chi connectivity index (χ1v) is 7.91. The number of nitrogens with zero attached hydrogens (tertiary/aromatic N) is 3. The van der Waals surface area contributed by atoms with Crippen molar-refractivity contribution in [1.29, 1.82) is 0 Å². The van der Waals surface area contributed by atoms with Gasteiger partial charge in [0, 0.05) is 26.3 Å². The van der Waals surface area contributed by atoms with Crippen molar-refractivity contribution >= 4 is 22.9 Å². The van der Waals surface area contributed by atoms with E-state index in [9.17, 15) is 0 Å². The quantitative estimate of drug-likeness (QED) is 0.841. The average Bonchev–Trinajstić information content (AvgIpc) is 3.04. The molecule has 0 spiro atoms. The number of hydrogen-bond acceptors (Lipinski definition) is 4. The normalized spacial score (nSPS) is 19.3. The van der Waals surface area contributed by atoms with Crippen LogP contribution in [0.5, 0.6) is 0 Å². The highest BCUT2D eigenvalue weighted by Gasteiger charge is 2.20. The van der Waals surface area contributed by atoms with Crippen molar-refractivity contribution in [2.45, 2.75) is 19.4 Å². The van der Waals surface area contributed by atoms with Gasteiger partial charge in [-0.25, -0.2) is 9.97 Å². The lowest BCUT2D eigenvalue weighted by Crippen LogP contribution is -2.13. The molecule has 102 valence electrons. The molecular weight excluding hydrogens is 258 g/mol. The molecule has 0 aromatic carbocycles. The van der Waals surface area contributed by atoms with Crippen LogP contribution < -0.4 is 0 Å². The number of pyridine rings is 1. The van der Waals surface area contributed by atoms with Gasteiger partial charge in [-0.3, -0.25) is 0 Å². The molecule has 4 nitrogen and oxygen atoms in total. The lowest BCUT2D eigenvalue weighted by Gasteiger charge is -2.11. The summed E-state index contributed by atoms with van der Waals surface area (Å²) >= 11 is 2.05. The molecule has 2 aromatic heterocycles. The topological polar surface area (TPSA) is 39.9 Å². The van der Waals surface area contributed by atoms with Crippen LogP contribution >= 0.6 is 11.8 Å². The van der Waals surface area contributed by atoms with Crippen molar-refractivity contribution in [3.8, 4) is 0 Å². The maximum absolute atomic E-state index is 5.21. The standard InChI is InChI=1S/C14H19N3OS/c1-18-7-6-17-13(9-11-4-8-19-10-11)16-12-3-2-5-15-14(12)17/h2-3,5,11H,4,6-10H2,1H3. The summed E-state index contributed by atoms with van der Waals surface area (Å²) in [6.07, 6.45) is 4.21. The second-order valence-corrected chi connectivity index (χ2v) is 6.10. The van der Waals surface area contributed by atoms with E-state index in [4.69, 9.17) is 9.72 Å². The van der Waals surface area contributed by atoms with Gasteiger partial charge in [-0.15, -0.1) is 0 Å². The van der Waals surface area contributed by atoms with Crippen LogP contribution in [0.15, 0.2) is 18.3 Å². The van der Waals surface area contributed by atoms with Crippen molar-refractivity contribution in [3.63, 3.8) is 0 Å². The molecule has 3 heterocycles. The summed E-state index contributed by atoms with van der Waals surface area (Å²) in [5.74, 6) is 4.49. The van der Waals surface area contributed by atoms with E-state index in [1.54, 1.807) is 7.11 Å². The zero-order chi connectivity index (χ0) is 13.1. The van der Waals surface area contributed by atoms with Gasteiger partial charge in [0.15, 0.2) is 5.65 Å². The highest BCUT2D eigenvalue weighted by Crippen LogP contribution is 2.27. The maximum atomic E-state index is 5.21. The molecule has 3 rings (SSSR count). The van der Waals surface area contributed by atoms with Crippen molar-refractivity contribution in [2.24, 2.45) is 5.92 Å². The highest BCUT2D eigenvalue weighted by molar-refractivity contribution is 7.99. The number of imidazole rings is 1. The van der Waals surface area contributed by atoms with Gasteiger partial charge < -0.3 is 9.30 Å². The molecular formula is C14H19N3OS. The van der Waals surface area contributed by atoms with Gasteiger partial charge in [0.05, 0.1) is 6.61 Å². The summed E-state index contributed by atoms with van der Waals surface area (Å²) < 4.78 is 7.43. The van der Waals surface area contributed by atoms with Gasteiger partial charge in [0.25, 0.3) is 0 Å². The molecule has 0 aliphatic carbocycles. The number of methoxy groups -OCH3 is 1. The number of thioether (sulfide) groups is 1. The van der Waals surface area contributed by atoms with Crippen molar-refractivity contribution in [3.05, 3.63) is 24.2 Å². The molecule has 0 bridgehead atoms. The average molecular weight is 277 g/mol. The largest absolute Gasteiger partial charge is 0.383 e. The van der Waals surface area contributed by atoms with Crippen LogP contribution in [-0.4, -0.2) is 39.8 Å². The number of rotatable bonds is 5. The molecule has 5 heteroatoms. The Kier molecular flexibility index (Phi) is 4.03. The lowest BCUT2D eigenvalue weighted by atomic mass is 10.1. The molecule has 1 aliphatic heterocycles. The monoisotopic (exact) mass is 277 g/mol. The smallest absolute Gasteiger partial charge is 0.160 e. The van der Waals surface area contributed by atoms with E-state index >= 15 is 0 Å². The molecule has 0 N–H and O–H groups in total. The minimum atomic E-state index is 0.703. The van der Waals surface area contributed by atoms with Gasteiger partial charge >= 0.3 is 0 Å². The Balaban J connectivity index is 1.91. The first kappa shape index (κ1) is 12.9. The van der Waals surface area contributed by atoms with E-state index in [0.717, 1.165) is 30.0 Å². The van der Waals surface area contributed by atoms with Crippen LogP contribution in [-0.2, 0) is 17.7 Å². The Morgan fingerprint density at radius 2 is 2.47 bits per heavy atom. The van der Waals surface area contributed by atoms with E-state index in [1.807, 2.05) is 18.3 Å². The second kappa shape index (κ2) is 5.92. The van der Waals surface area contributed by atoms with Crippen molar-refractivity contribution in [2.75, 3.05) is 25.2 Å². The fourth-order valence-corrected chi connectivity index (χ4v) is 3.87. The first-order valence-electron chi connectivity index (χ1n) is 6.75. The maximum Gasteiger partial charge on any atom is 0.160 e. The fraction of sp³-hybridized carbons (Fsp3) is 0.571. The Morgan fingerprint density at radius 1 is 1.53 bits per heavy atom. The zero-order valence-corrected chi connectivity index (χ0v) is 12.0. The molecule has 19 heavy (non-hydrogen) atoms. The SMILES string of the molecule is COCCn1c(CC2CCSC2)nc2cccnc21. The molecule has 1 atom stereocenters. The van der Waals surface area contributed by atoms with Crippen LogP contribution in [0.4, 0.5) is 0 Å². The van der Waals surface area contributed by atoms with E-state index in [0.29, 0.717) is 6.61 Å². The molecule has 0 amide bonds. The fourth-order valence-electron chi connectivity index (χ4n) is 2.58. The Labute approximate surface area is 117 Å². The van der Waals surface area contributed by atoms with E-state index in [-0.39, 0.29) is 0 Å². The molecule has 1 unspecified atom stereocenters. The molecule has 2 aromatic rings. The van der Waals surface area contributed by atoms with Crippen molar-refractivity contribution in [1.82, 2.24) is 14.5 Å². The summed E-state index contributed by atoms with van der Waals surface area (Å²) in [6.45, 7) is 1.54. The second-order valence-electron chi connectivity index (χ2n) is 4.95. The van der Waals surface area contributed by atoms with Gasteiger partial charge in [-0.1, -0.05) is 0 Å². The van der Waals surface area contributed by atoms with Gasteiger partial charge in [0.1, 0.15) is 11.3 Å². The molecule has 0 radical (unpaired) electrons. The Bertz CT molecular complexity index is 549. The molecule has 1 aliphatic rings. The summed E-state index contributed by atoms with van der Waals surface area (Å²) in [6, 6.07) is 3.99. The van der Waals surface area contributed by atoms with E-state index in [1.165, 1.54) is 23.8 Å². The minimum absolute atomic E-state index is 0.703. The van der Waals surface area contributed by atoms with Gasteiger partial charge in [0.2, 0.25) is 0 Å². The number of hydrogen-bond donors (Lipinski definition) is 0. The Morgan fingerprint density at radius 3 is 3.26 bits per heavy atom. The minimum Gasteiger partial charge on any atom is -0.383 e. The third kappa shape index (κ3) is 2.77. The van der Waals surface area contributed by atoms with E-state index < -0.39 is 0 Å². The predicted octanol–water partition coefficient (Wildman–Crippen LogP) is 2.37. The number of aromatic nitrogens is 3. The summed E-state index contributed by atoms with van der Waals surface area (Å²) in [7, 11) is 1.74. The van der Waals surface area contributed by atoms with Crippen LogP contribution in [0.3, 0.4) is 0 Å². The van der Waals surface area contributed by atoms with Gasteiger partial charge in [-0.2, -0.15) is 11.8 Å². The number of fused-ring (bicyclic) bond motifs is 1. The summed E-state index contributed by atoms with van der Waals surface area (Å²) in [5.41, 5.74) is 1.99. The third-order valence-corrected chi connectivity index (χ3v) is 4.83. The van der Waals surface area contributed by atoms with Gasteiger partial charge in [-0.05, 0) is 36.0 Å². The summed E-state index contributed by atoms with van der Waals surface area (Å²) in [5, 5.41) is 0. The third-order valence-electron chi connectivity index (χ3n) is 3.60. The van der Waals surface area contributed by atoms with Crippen LogP contribution in [0.2, 0.25) is 0 Å². The molecule has 1 saturated heterocycles. The zero-order valence-electron chi connectivity index (χ0n) is 11.2. The lowest BCUT2D eigenvalue weighted by molar-refractivity contribution is 0.187. The first-order chi connectivity index (χ1) is 9.38. The number of ether oxygens (including phenoxy) is 1. The van der Waals surface area contributed by atoms with Crippen LogP contribution in [0.25, 0.3) is 11.2 Å². The molecule has 1 fully saturated rings. The van der Waals surface area contributed by atoms with Crippen LogP contribution in [0.1, 0.15) is 12.2 Å². The van der Waals surface area contributed by atoms with Crippen molar-refractivity contribution < 1.29 is 4.74 Å². The Hall–Kier alpha value is -1.07.